The Morgan fingerprint density at radius 2 is 1.23 bits per heavy atom. The zero-order valence-electron chi connectivity index (χ0n) is 36.5. The molecular formula is C60H48N2OS. The molecule has 0 amide bonds. The summed E-state index contributed by atoms with van der Waals surface area (Å²) in [5, 5.41) is 9.89. The minimum absolute atomic E-state index is 0.234. The number of hydrogen-bond acceptors (Lipinski definition) is 2. The Hall–Kier alpha value is -7.27. The van der Waals surface area contributed by atoms with E-state index in [1.807, 2.05) is 26.0 Å². The van der Waals surface area contributed by atoms with Crippen LogP contribution in [0.2, 0.25) is 0 Å². The second kappa shape index (κ2) is 14.9. The minimum Gasteiger partial charge on any atom is -0.456 e. The maximum Gasteiger partial charge on any atom is 0.137 e. The topological polar surface area (TPSA) is 21.3 Å². The summed E-state index contributed by atoms with van der Waals surface area (Å²) in [5.74, 6) is 0. The average molecular weight is 845 g/mol. The molecule has 1 aliphatic heterocycles. The molecule has 0 bridgehead atoms. The van der Waals surface area contributed by atoms with Crippen LogP contribution in [0.3, 0.4) is 0 Å². The van der Waals surface area contributed by atoms with E-state index in [0.717, 1.165) is 45.4 Å². The Bertz CT molecular complexity index is 3730. The number of benzene rings is 9. The number of nitrogens with zero attached hydrogens (tertiary/aromatic N) is 2. The summed E-state index contributed by atoms with van der Waals surface area (Å²) in [7, 11) is -1.11. The predicted octanol–water partition coefficient (Wildman–Crippen LogP) is 17.7. The van der Waals surface area contributed by atoms with Gasteiger partial charge in [-0.1, -0.05) is 129 Å². The van der Waals surface area contributed by atoms with Crippen molar-refractivity contribution in [2.45, 2.75) is 36.1 Å². The summed E-state index contributed by atoms with van der Waals surface area (Å²) < 4.78 is 9.03. The van der Waals surface area contributed by atoms with E-state index in [0.29, 0.717) is 0 Å². The van der Waals surface area contributed by atoms with Crippen LogP contribution in [-0.4, -0.2) is 17.1 Å². The zero-order chi connectivity index (χ0) is 43.1. The molecule has 1 unspecified atom stereocenters. The van der Waals surface area contributed by atoms with Gasteiger partial charge in [-0.05, 0) is 136 Å². The fourth-order valence-electron chi connectivity index (χ4n) is 10.5. The third-order valence-corrected chi connectivity index (χ3v) is 16.4. The summed E-state index contributed by atoms with van der Waals surface area (Å²) in [4.78, 5) is 5.34. The summed E-state index contributed by atoms with van der Waals surface area (Å²) in [5.41, 5.74) is 12.7. The van der Waals surface area contributed by atoms with E-state index >= 15 is 0 Å². The Balaban J connectivity index is 0.00000214. The predicted molar refractivity (Wildman–Crippen MR) is 277 cm³/mol. The van der Waals surface area contributed by atoms with E-state index in [4.69, 9.17) is 4.42 Å². The fraction of sp³-hybridized carbons (Fsp3) is 0.100. The van der Waals surface area contributed by atoms with Gasteiger partial charge in [0.1, 0.15) is 11.2 Å². The van der Waals surface area contributed by atoms with E-state index < -0.39 is 10.0 Å². The molecule has 3 heterocycles. The molecule has 64 heavy (non-hydrogen) atoms. The van der Waals surface area contributed by atoms with Gasteiger partial charge < -0.3 is 13.9 Å². The lowest BCUT2D eigenvalue weighted by molar-refractivity contribution is 0.648. The molecule has 3 nitrogen and oxygen atoms in total. The maximum absolute atomic E-state index is 6.44. The summed E-state index contributed by atoms with van der Waals surface area (Å²) in [6.45, 7) is 4.00. The van der Waals surface area contributed by atoms with Gasteiger partial charge in [0, 0.05) is 65.5 Å². The van der Waals surface area contributed by atoms with Crippen molar-refractivity contribution < 1.29 is 4.42 Å². The number of rotatable bonds is 5. The van der Waals surface area contributed by atoms with Crippen LogP contribution >= 0.6 is 10.0 Å². The summed E-state index contributed by atoms with van der Waals surface area (Å²) >= 11 is 0. The third-order valence-electron chi connectivity index (χ3n) is 13.5. The third kappa shape index (κ3) is 5.89. The minimum atomic E-state index is -1.11. The highest BCUT2D eigenvalue weighted by Gasteiger charge is 2.33. The van der Waals surface area contributed by atoms with Gasteiger partial charge in [0.25, 0.3) is 0 Å². The van der Waals surface area contributed by atoms with Gasteiger partial charge in [-0.25, -0.2) is 0 Å². The van der Waals surface area contributed by atoms with Crippen LogP contribution < -0.4 is 4.90 Å². The van der Waals surface area contributed by atoms with Crippen LogP contribution in [-0.2, 0) is 0 Å². The average Bonchev–Trinajstić information content (AvgIpc) is 3.96. The molecule has 310 valence electrons. The van der Waals surface area contributed by atoms with Gasteiger partial charge in [0.2, 0.25) is 0 Å². The fourth-order valence-corrected chi connectivity index (χ4v) is 13.0. The molecule has 1 atom stereocenters. The van der Waals surface area contributed by atoms with Crippen molar-refractivity contribution in [3.05, 3.63) is 200 Å². The first kappa shape index (κ1) is 38.4. The second-order valence-electron chi connectivity index (χ2n) is 17.3. The molecule has 0 saturated heterocycles. The molecule has 2 aliphatic rings. The van der Waals surface area contributed by atoms with Crippen molar-refractivity contribution in [3.8, 4) is 22.3 Å². The van der Waals surface area contributed by atoms with Crippen LogP contribution in [0, 0.1) is 0 Å². The second-order valence-corrected chi connectivity index (χ2v) is 20.8. The van der Waals surface area contributed by atoms with Gasteiger partial charge in [-0.15, -0.1) is 0 Å². The summed E-state index contributed by atoms with van der Waals surface area (Å²) in [6.07, 6.45) is 14.9. The standard InChI is InChI=1S/C58H42N2OS.C2H6/c1-62(2)56-22-11-9-20-48(56)58-49-36-53-51(34-41(49)25-30-57(58)62)50-33-40(24-29-52(50)60(53)42-16-4-3-5-17-42)39-15-12-18-43(32-39)59(44-26-23-37-13-6-7-14-38(37)31-44)45-27-28-47-46-19-8-10-21-54(46)61-55(47)35-45;1-2/h3-16,18-36,42H,17H2,1-2H3;1-2H3. The van der Waals surface area contributed by atoms with Crippen molar-refractivity contribution in [2.24, 2.45) is 0 Å². The van der Waals surface area contributed by atoms with Gasteiger partial charge in [-0.2, -0.15) is 10.0 Å². The zero-order valence-corrected chi connectivity index (χ0v) is 37.4. The first-order valence-corrected chi connectivity index (χ1v) is 24.9. The van der Waals surface area contributed by atoms with Gasteiger partial charge in [0.05, 0.1) is 11.6 Å². The largest absolute Gasteiger partial charge is 0.456 e. The Kier molecular flexibility index (Phi) is 8.96. The molecule has 0 fully saturated rings. The van der Waals surface area contributed by atoms with E-state index in [9.17, 15) is 0 Å². The molecule has 9 aromatic carbocycles. The normalized spacial score (nSPS) is 15.5. The van der Waals surface area contributed by atoms with Crippen LogP contribution in [0.5, 0.6) is 0 Å². The smallest absolute Gasteiger partial charge is 0.137 e. The quantitative estimate of drug-likeness (QED) is 0.172. The molecule has 1 aliphatic carbocycles. The summed E-state index contributed by atoms with van der Waals surface area (Å²) in [6, 6.07) is 65.4. The molecule has 13 rings (SSSR count). The Morgan fingerprint density at radius 1 is 0.500 bits per heavy atom. The number of para-hydroxylation sites is 1. The molecule has 0 spiro atoms. The van der Waals surface area contributed by atoms with Gasteiger partial charge in [-0.3, -0.25) is 0 Å². The lowest BCUT2D eigenvalue weighted by Gasteiger charge is -2.28. The van der Waals surface area contributed by atoms with Crippen molar-refractivity contribution in [2.75, 3.05) is 17.4 Å². The van der Waals surface area contributed by atoms with Crippen molar-refractivity contribution in [3.63, 3.8) is 0 Å². The number of hydrogen-bond donors (Lipinski definition) is 0. The number of fused-ring (bicyclic) bond motifs is 12. The lowest BCUT2D eigenvalue weighted by Crippen LogP contribution is -2.10. The maximum atomic E-state index is 6.44. The van der Waals surface area contributed by atoms with Gasteiger partial charge in [0.15, 0.2) is 0 Å². The van der Waals surface area contributed by atoms with Crippen molar-refractivity contribution >= 4 is 92.4 Å². The first-order valence-electron chi connectivity index (χ1n) is 22.5. The van der Waals surface area contributed by atoms with E-state index in [1.54, 1.807) is 0 Å². The highest BCUT2D eigenvalue weighted by atomic mass is 32.3. The number of allylic oxidation sites excluding steroid dienone is 4. The molecule has 11 aromatic rings. The van der Waals surface area contributed by atoms with Crippen LogP contribution in [0.1, 0.15) is 26.3 Å². The van der Waals surface area contributed by atoms with Crippen molar-refractivity contribution in [1.82, 2.24) is 4.57 Å². The van der Waals surface area contributed by atoms with Crippen molar-refractivity contribution in [1.29, 1.82) is 0 Å². The van der Waals surface area contributed by atoms with Crippen LogP contribution in [0.15, 0.2) is 214 Å². The molecule has 2 aromatic heterocycles. The Morgan fingerprint density at radius 3 is 2.12 bits per heavy atom. The van der Waals surface area contributed by atoms with E-state index in [1.165, 1.54) is 75.4 Å². The molecule has 0 radical (unpaired) electrons. The molecule has 4 heteroatoms. The van der Waals surface area contributed by atoms with Crippen LogP contribution in [0.25, 0.3) is 87.5 Å². The van der Waals surface area contributed by atoms with E-state index in [2.05, 4.69) is 210 Å². The number of furan rings is 1. The number of aromatic nitrogens is 1. The molecule has 0 N–H and O–H groups in total. The molecular weight excluding hydrogens is 797 g/mol. The van der Waals surface area contributed by atoms with E-state index in [-0.39, 0.29) is 6.04 Å². The monoisotopic (exact) mass is 844 g/mol. The van der Waals surface area contributed by atoms with Gasteiger partial charge >= 0.3 is 0 Å². The van der Waals surface area contributed by atoms with Crippen LogP contribution in [0.4, 0.5) is 17.1 Å². The first-order chi connectivity index (χ1) is 31.5. The Labute approximate surface area is 375 Å². The SMILES string of the molecule is CC.CS1(C)c2ccccc2-c2c1ccc1cc3c4cc(-c5cccc(N(c6ccc7ccccc7c6)c6ccc7c(c6)oc6ccccc67)c5)ccc4n(C4C=CC=CC4)c3cc21. The highest BCUT2D eigenvalue weighted by molar-refractivity contribution is 8.33. The number of anilines is 3. The lowest BCUT2D eigenvalue weighted by atomic mass is 9.96. The highest BCUT2D eigenvalue weighted by Crippen LogP contribution is 2.68. The molecule has 0 saturated carbocycles.